The fourth-order valence-corrected chi connectivity index (χ4v) is 3.54. The molecule has 0 bridgehead atoms. The molecule has 166 valence electrons. The van der Waals surface area contributed by atoms with Gasteiger partial charge in [-0.15, -0.1) is 0 Å². The molecule has 0 radical (unpaired) electrons. The number of benzene rings is 2. The molecule has 0 atom stereocenters. The molecule has 0 aromatic heterocycles. The molecule has 2 aromatic carbocycles. The van der Waals surface area contributed by atoms with E-state index in [0.717, 1.165) is 17.7 Å². The van der Waals surface area contributed by atoms with Gasteiger partial charge in [-0.2, -0.15) is 0 Å². The summed E-state index contributed by atoms with van der Waals surface area (Å²) in [6.07, 6.45) is 1.09. The van der Waals surface area contributed by atoms with Crippen molar-refractivity contribution in [2.45, 2.75) is 19.8 Å². The van der Waals surface area contributed by atoms with E-state index in [0.29, 0.717) is 50.7 Å². The lowest BCUT2D eigenvalue weighted by Crippen LogP contribution is -2.39. The lowest BCUT2D eigenvalue weighted by atomic mass is 10.1. The highest BCUT2D eigenvalue weighted by molar-refractivity contribution is 5.80. The summed E-state index contributed by atoms with van der Waals surface area (Å²) in [7, 11) is 1.57. The molecule has 1 fully saturated rings. The predicted octanol–water partition coefficient (Wildman–Crippen LogP) is 2.78. The average Bonchev–Trinajstić information content (AvgIpc) is 3.06. The first kappa shape index (κ1) is 22.5. The summed E-state index contributed by atoms with van der Waals surface area (Å²) in [5, 5.41) is 0. The van der Waals surface area contributed by atoms with Gasteiger partial charge < -0.3 is 24.0 Å². The molecular weight excluding hydrogens is 396 g/mol. The molecule has 7 heteroatoms. The molecule has 31 heavy (non-hydrogen) atoms. The number of hydrogen-bond acceptors (Lipinski definition) is 5. The maximum Gasteiger partial charge on any atom is 0.260 e. The molecule has 2 aromatic rings. The van der Waals surface area contributed by atoms with Crippen LogP contribution in [0.25, 0.3) is 0 Å². The molecule has 0 saturated carbocycles. The molecule has 0 spiro atoms. The second-order valence-electron chi connectivity index (χ2n) is 7.31. The van der Waals surface area contributed by atoms with E-state index >= 15 is 0 Å². The molecule has 0 aliphatic carbocycles. The molecule has 0 N–H and O–H groups in total. The van der Waals surface area contributed by atoms with E-state index < -0.39 is 0 Å². The Hall–Kier alpha value is -3.22. The van der Waals surface area contributed by atoms with Gasteiger partial charge in [-0.25, -0.2) is 0 Å². The Morgan fingerprint density at radius 3 is 2.13 bits per heavy atom. The van der Waals surface area contributed by atoms with Gasteiger partial charge in [-0.3, -0.25) is 9.59 Å². The number of carbonyl (C=O) groups is 2. The molecule has 1 aliphatic rings. The fourth-order valence-electron chi connectivity index (χ4n) is 3.54. The van der Waals surface area contributed by atoms with Crippen LogP contribution in [0.5, 0.6) is 17.2 Å². The minimum atomic E-state index is -0.0910. The Kier molecular flexibility index (Phi) is 8.15. The van der Waals surface area contributed by atoms with Gasteiger partial charge in [0.25, 0.3) is 5.91 Å². The third-order valence-electron chi connectivity index (χ3n) is 5.21. The topological polar surface area (TPSA) is 68.3 Å². The Morgan fingerprint density at radius 2 is 1.48 bits per heavy atom. The van der Waals surface area contributed by atoms with Crippen molar-refractivity contribution < 1.29 is 23.8 Å². The van der Waals surface area contributed by atoms with Crippen molar-refractivity contribution >= 4 is 11.8 Å². The molecule has 1 saturated heterocycles. The van der Waals surface area contributed by atoms with Crippen LogP contribution in [-0.4, -0.2) is 68.1 Å². The van der Waals surface area contributed by atoms with Crippen LogP contribution in [0.3, 0.4) is 0 Å². The van der Waals surface area contributed by atoms with Crippen molar-refractivity contribution in [1.29, 1.82) is 0 Å². The van der Waals surface area contributed by atoms with Crippen molar-refractivity contribution in [3.63, 3.8) is 0 Å². The molecule has 2 amide bonds. The van der Waals surface area contributed by atoms with Crippen molar-refractivity contribution in [1.82, 2.24) is 9.80 Å². The molecule has 1 heterocycles. The summed E-state index contributed by atoms with van der Waals surface area (Å²) < 4.78 is 16.4. The quantitative estimate of drug-likeness (QED) is 0.649. The average molecular weight is 427 g/mol. The predicted molar refractivity (Wildman–Crippen MR) is 118 cm³/mol. The monoisotopic (exact) mass is 426 g/mol. The van der Waals surface area contributed by atoms with E-state index in [9.17, 15) is 9.59 Å². The first-order valence-electron chi connectivity index (χ1n) is 10.6. The van der Waals surface area contributed by atoms with E-state index in [1.165, 1.54) is 0 Å². The van der Waals surface area contributed by atoms with Crippen LogP contribution in [0.4, 0.5) is 0 Å². The van der Waals surface area contributed by atoms with Crippen molar-refractivity contribution in [2.24, 2.45) is 0 Å². The maximum atomic E-state index is 12.7. The number of para-hydroxylation sites is 2. The lowest BCUT2D eigenvalue weighted by molar-refractivity contribution is -0.134. The van der Waals surface area contributed by atoms with E-state index in [-0.39, 0.29) is 18.4 Å². The third kappa shape index (κ3) is 6.38. The van der Waals surface area contributed by atoms with Crippen LogP contribution in [0.2, 0.25) is 0 Å². The Morgan fingerprint density at radius 1 is 0.839 bits per heavy atom. The minimum absolute atomic E-state index is 0.0551. The Bertz CT molecular complexity index is 869. The first-order chi connectivity index (χ1) is 15.1. The molecule has 7 nitrogen and oxygen atoms in total. The SMILES string of the molecule is CCOc1ccc(CC(=O)N2CCCN(C(=O)COc3ccccc3OC)CC2)cc1. The fraction of sp³-hybridized carbons (Fsp3) is 0.417. The number of hydrogen-bond donors (Lipinski definition) is 0. The Labute approximate surface area is 183 Å². The summed E-state index contributed by atoms with van der Waals surface area (Å²) in [6, 6.07) is 14.9. The number of ether oxygens (including phenoxy) is 3. The molecular formula is C24H30N2O5. The van der Waals surface area contributed by atoms with Crippen molar-refractivity contribution in [3.05, 3.63) is 54.1 Å². The van der Waals surface area contributed by atoms with Crippen LogP contribution in [-0.2, 0) is 16.0 Å². The second kappa shape index (κ2) is 11.2. The van der Waals surface area contributed by atoms with Gasteiger partial charge in [-0.05, 0) is 43.2 Å². The first-order valence-corrected chi connectivity index (χ1v) is 10.6. The minimum Gasteiger partial charge on any atom is -0.494 e. The third-order valence-corrected chi connectivity index (χ3v) is 5.21. The smallest absolute Gasteiger partial charge is 0.260 e. The Balaban J connectivity index is 1.48. The molecule has 3 rings (SSSR count). The van der Waals surface area contributed by atoms with Crippen LogP contribution >= 0.6 is 0 Å². The number of rotatable bonds is 8. The lowest BCUT2D eigenvalue weighted by Gasteiger charge is -2.22. The number of nitrogens with zero attached hydrogens (tertiary/aromatic N) is 2. The highest BCUT2D eigenvalue weighted by Crippen LogP contribution is 2.25. The van der Waals surface area contributed by atoms with E-state index in [4.69, 9.17) is 14.2 Å². The highest BCUT2D eigenvalue weighted by Gasteiger charge is 2.22. The standard InChI is InChI=1S/C24H30N2O5/c1-3-30-20-11-9-19(10-12-20)17-23(27)25-13-6-14-26(16-15-25)24(28)18-31-22-8-5-4-7-21(22)29-2/h4-5,7-12H,3,6,13-18H2,1-2H3. The summed E-state index contributed by atoms with van der Waals surface area (Å²) in [5.74, 6) is 1.92. The highest BCUT2D eigenvalue weighted by atomic mass is 16.5. The van der Waals surface area contributed by atoms with Gasteiger partial charge in [0.1, 0.15) is 5.75 Å². The van der Waals surface area contributed by atoms with Crippen molar-refractivity contribution in [2.75, 3.05) is 46.5 Å². The van der Waals surface area contributed by atoms with Gasteiger partial charge >= 0.3 is 0 Å². The van der Waals surface area contributed by atoms with Crippen LogP contribution < -0.4 is 14.2 Å². The number of carbonyl (C=O) groups excluding carboxylic acids is 2. The van der Waals surface area contributed by atoms with Crippen LogP contribution in [0.15, 0.2) is 48.5 Å². The summed E-state index contributed by atoms with van der Waals surface area (Å²) in [6.45, 7) is 4.79. The number of amides is 2. The van der Waals surface area contributed by atoms with Gasteiger partial charge in [0.05, 0.1) is 20.1 Å². The zero-order chi connectivity index (χ0) is 22.1. The van der Waals surface area contributed by atoms with Crippen LogP contribution in [0, 0.1) is 0 Å². The summed E-state index contributed by atoms with van der Waals surface area (Å²) >= 11 is 0. The van der Waals surface area contributed by atoms with Crippen molar-refractivity contribution in [3.8, 4) is 17.2 Å². The summed E-state index contributed by atoms with van der Waals surface area (Å²) in [4.78, 5) is 29.0. The maximum absolute atomic E-state index is 12.7. The van der Waals surface area contributed by atoms with E-state index in [2.05, 4.69) is 0 Å². The second-order valence-corrected chi connectivity index (χ2v) is 7.31. The van der Waals surface area contributed by atoms with Gasteiger partial charge in [-0.1, -0.05) is 24.3 Å². The largest absolute Gasteiger partial charge is 0.494 e. The number of methoxy groups -OCH3 is 1. The molecule has 1 aliphatic heterocycles. The van der Waals surface area contributed by atoms with E-state index in [1.807, 2.05) is 48.2 Å². The zero-order valence-corrected chi connectivity index (χ0v) is 18.2. The summed E-state index contributed by atoms with van der Waals surface area (Å²) in [5.41, 5.74) is 0.954. The molecule has 0 unspecified atom stereocenters. The van der Waals surface area contributed by atoms with E-state index in [1.54, 1.807) is 24.1 Å². The van der Waals surface area contributed by atoms with Gasteiger partial charge in [0.2, 0.25) is 5.91 Å². The van der Waals surface area contributed by atoms with Gasteiger partial charge in [0, 0.05) is 26.2 Å². The van der Waals surface area contributed by atoms with Crippen LogP contribution in [0.1, 0.15) is 18.9 Å². The zero-order valence-electron chi connectivity index (χ0n) is 18.2. The normalized spacial score (nSPS) is 14.0. The van der Waals surface area contributed by atoms with Gasteiger partial charge in [0.15, 0.2) is 18.1 Å².